The first kappa shape index (κ1) is 15.1. The van der Waals surface area contributed by atoms with Gasteiger partial charge in [0.05, 0.1) is 6.61 Å². The molecule has 0 amide bonds. The molecule has 1 aliphatic heterocycles. The van der Waals surface area contributed by atoms with Crippen LogP contribution in [0.15, 0.2) is 29.3 Å². The van der Waals surface area contributed by atoms with Crippen LogP contribution in [0.4, 0.5) is 13.2 Å². The lowest BCUT2D eigenvalue weighted by molar-refractivity contribution is -0.274. The summed E-state index contributed by atoms with van der Waals surface area (Å²) in [5, 5.41) is 0. The maximum Gasteiger partial charge on any atom is 0.573 e. The van der Waals surface area contributed by atoms with Gasteiger partial charge in [-0.25, -0.2) is 9.79 Å². The van der Waals surface area contributed by atoms with Crippen molar-refractivity contribution >= 4 is 12.4 Å². The van der Waals surface area contributed by atoms with Crippen molar-refractivity contribution in [2.24, 2.45) is 4.99 Å². The zero-order valence-electron chi connectivity index (χ0n) is 11.0. The molecular formula is C13H12F3NO4. The topological polar surface area (TPSA) is 57.1 Å². The fourth-order valence-corrected chi connectivity index (χ4v) is 1.85. The zero-order valence-corrected chi connectivity index (χ0v) is 11.0. The van der Waals surface area contributed by atoms with E-state index in [0.717, 1.165) is 18.5 Å². The second-order valence-corrected chi connectivity index (χ2v) is 4.12. The van der Waals surface area contributed by atoms with Crippen LogP contribution in [0.5, 0.6) is 5.75 Å². The molecule has 0 spiro atoms. The average molecular weight is 303 g/mol. The van der Waals surface area contributed by atoms with Gasteiger partial charge in [0, 0.05) is 0 Å². The Morgan fingerprint density at radius 2 is 2.00 bits per heavy atom. The molecule has 0 radical (unpaired) electrons. The summed E-state index contributed by atoms with van der Waals surface area (Å²) in [5.41, 5.74) is 0.500. The lowest BCUT2D eigenvalue weighted by Gasteiger charge is -2.17. The van der Waals surface area contributed by atoms with Gasteiger partial charge in [0.15, 0.2) is 18.5 Å². The van der Waals surface area contributed by atoms with Gasteiger partial charge in [-0.3, -0.25) is 0 Å². The standard InChI is InChI=1S/C13H12F3NO4/c1-2-19-12(18)10-11(20-7-17-10)8-3-5-9(6-4-8)21-13(14,15)16/h3-7,10-11H,2H2,1H3. The minimum absolute atomic E-state index is 0.204. The number of nitrogens with zero attached hydrogens (tertiary/aromatic N) is 1. The van der Waals surface area contributed by atoms with Crippen molar-refractivity contribution < 1.29 is 32.2 Å². The molecule has 0 aromatic heterocycles. The van der Waals surface area contributed by atoms with Gasteiger partial charge in [-0.2, -0.15) is 0 Å². The van der Waals surface area contributed by atoms with Crippen LogP contribution in [-0.2, 0) is 14.3 Å². The second-order valence-electron chi connectivity index (χ2n) is 4.12. The molecule has 1 aliphatic rings. The van der Waals surface area contributed by atoms with Crippen LogP contribution < -0.4 is 4.74 Å². The number of rotatable bonds is 4. The first-order chi connectivity index (χ1) is 9.90. The Balaban J connectivity index is 2.09. The Morgan fingerprint density at radius 1 is 1.33 bits per heavy atom. The number of carbonyl (C=O) groups excluding carboxylic acids is 1. The summed E-state index contributed by atoms with van der Waals surface area (Å²) < 4.78 is 50.0. The highest BCUT2D eigenvalue weighted by molar-refractivity contribution is 5.80. The van der Waals surface area contributed by atoms with Gasteiger partial charge in [-0.1, -0.05) is 12.1 Å². The van der Waals surface area contributed by atoms with Gasteiger partial charge >= 0.3 is 12.3 Å². The van der Waals surface area contributed by atoms with Gasteiger partial charge in [0.1, 0.15) is 5.75 Å². The average Bonchev–Trinajstić information content (AvgIpc) is 2.87. The molecule has 0 saturated heterocycles. The number of esters is 1. The largest absolute Gasteiger partial charge is 0.573 e. The maximum atomic E-state index is 12.1. The van der Waals surface area contributed by atoms with Crippen LogP contribution in [-0.4, -0.2) is 31.4 Å². The molecule has 0 saturated carbocycles. The molecule has 0 fully saturated rings. The Morgan fingerprint density at radius 3 is 2.57 bits per heavy atom. The molecule has 0 bridgehead atoms. The predicted octanol–water partition coefficient (Wildman–Crippen LogP) is 2.62. The summed E-state index contributed by atoms with van der Waals surface area (Å²) in [7, 11) is 0. The SMILES string of the molecule is CCOC(=O)C1N=COC1c1ccc(OC(F)(F)F)cc1. The molecule has 1 aromatic rings. The monoisotopic (exact) mass is 303 g/mol. The minimum atomic E-state index is -4.75. The summed E-state index contributed by atoms with van der Waals surface area (Å²) >= 11 is 0. The van der Waals surface area contributed by atoms with Crippen LogP contribution in [0.3, 0.4) is 0 Å². The van der Waals surface area contributed by atoms with E-state index in [1.165, 1.54) is 12.1 Å². The van der Waals surface area contributed by atoms with Gasteiger partial charge in [0.25, 0.3) is 0 Å². The Labute approximate surface area is 118 Å². The van der Waals surface area contributed by atoms with E-state index in [-0.39, 0.29) is 12.4 Å². The molecule has 1 heterocycles. The van der Waals surface area contributed by atoms with Crippen molar-refractivity contribution in [3.05, 3.63) is 29.8 Å². The van der Waals surface area contributed by atoms with Gasteiger partial charge in [0.2, 0.25) is 0 Å². The molecule has 5 nitrogen and oxygen atoms in total. The molecule has 2 atom stereocenters. The maximum absolute atomic E-state index is 12.1. The number of alkyl halides is 3. The van der Waals surface area contributed by atoms with E-state index >= 15 is 0 Å². The van der Waals surface area contributed by atoms with Crippen molar-refractivity contribution in [3.8, 4) is 5.75 Å². The lowest BCUT2D eigenvalue weighted by Crippen LogP contribution is -2.26. The van der Waals surface area contributed by atoms with E-state index in [1.807, 2.05) is 0 Å². The van der Waals surface area contributed by atoms with E-state index in [0.29, 0.717) is 5.56 Å². The van der Waals surface area contributed by atoms with Crippen LogP contribution in [0.1, 0.15) is 18.6 Å². The van der Waals surface area contributed by atoms with E-state index in [2.05, 4.69) is 9.73 Å². The number of ether oxygens (including phenoxy) is 3. The smallest absolute Gasteiger partial charge is 0.473 e. The zero-order chi connectivity index (χ0) is 15.5. The number of aliphatic imine (C=N–C) groups is 1. The highest BCUT2D eigenvalue weighted by Crippen LogP contribution is 2.30. The molecule has 8 heteroatoms. The number of hydrogen-bond acceptors (Lipinski definition) is 5. The first-order valence-electron chi connectivity index (χ1n) is 6.10. The van der Waals surface area contributed by atoms with Crippen molar-refractivity contribution in [2.45, 2.75) is 25.4 Å². The van der Waals surface area contributed by atoms with Crippen LogP contribution >= 0.6 is 0 Å². The Hall–Kier alpha value is -2.25. The number of benzene rings is 1. The Bertz CT molecular complexity index is 527. The van der Waals surface area contributed by atoms with Crippen molar-refractivity contribution in [1.82, 2.24) is 0 Å². The summed E-state index contributed by atoms with van der Waals surface area (Å²) in [4.78, 5) is 15.6. The third-order valence-corrected chi connectivity index (χ3v) is 2.69. The Kier molecular flexibility index (Phi) is 4.35. The number of halogens is 3. The quantitative estimate of drug-likeness (QED) is 0.802. The summed E-state index contributed by atoms with van der Waals surface area (Å²) in [6, 6.07) is 4.19. The van der Waals surface area contributed by atoms with Gasteiger partial charge < -0.3 is 14.2 Å². The first-order valence-corrected chi connectivity index (χ1v) is 6.10. The molecule has 21 heavy (non-hydrogen) atoms. The molecule has 2 rings (SSSR count). The second kappa shape index (κ2) is 6.02. The highest BCUT2D eigenvalue weighted by Gasteiger charge is 2.35. The van der Waals surface area contributed by atoms with Gasteiger partial charge in [-0.15, -0.1) is 13.2 Å². The highest BCUT2D eigenvalue weighted by atomic mass is 19.4. The number of carbonyl (C=O) groups is 1. The normalized spacial score (nSPS) is 21.0. The molecule has 2 unspecified atom stereocenters. The summed E-state index contributed by atoms with van der Waals surface area (Å²) in [6.45, 7) is 1.87. The van der Waals surface area contributed by atoms with E-state index in [4.69, 9.17) is 9.47 Å². The fraction of sp³-hybridized carbons (Fsp3) is 0.385. The van der Waals surface area contributed by atoms with E-state index in [1.54, 1.807) is 6.92 Å². The van der Waals surface area contributed by atoms with Crippen LogP contribution in [0.2, 0.25) is 0 Å². The molecule has 0 N–H and O–H groups in total. The van der Waals surface area contributed by atoms with Crippen molar-refractivity contribution in [1.29, 1.82) is 0 Å². The third kappa shape index (κ3) is 3.87. The van der Waals surface area contributed by atoms with Crippen LogP contribution in [0, 0.1) is 0 Å². The summed E-state index contributed by atoms with van der Waals surface area (Å²) in [5.74, 6) is -0.898. The molecule has 114 valence electrons. The minimum Gasteiger partial charge on any atom is -0.473 e. The predicted molar refractivity (Wildman–Crippen MR) is 65.9 cm³/mol. The lowest BCUT2D eigenvalue weighted by atomic mass is 10.0. The van der Waals surface area contributed by atoms with Crippen LogP contribution in [0.25, 0.3) is 0 Å². The fourth-order valence-electron chi connectivity index (χ4n) is 1.85. The van der Waals surface area contributed by atoms with Crippen molar-refractivity contribution in [3.63, 3.8) is 0 Å². The molecular weight excluding hydrogens is 291 g/mol. The third-order valence-electron chi connectivity index (χ3n) is 2.69. The summed E-state index contributed by atoms with van der Waals surface area (Å²) in [6.07, 6.45) is -4.34. The molecule has 1 aromatic carbocycles. The van der Waals surface area contributed by atoms with Gasteiger partial charge in [-0.05, 0) is 24.6 Å². The van der Waals surface area contributed by atoms with E-state index < -0.39 is 24.5 Å². The van der Waals surface area contributed by atoms with Crippen molar-refractivity contribution in [2.75, 3.05) is 6.61 Å². The van der Waals surface area contributed by atoms with E-state index in [9.17, 15) is 18.0 Å². The molecule has 0 aliphatic carbocycles. The number of hydrogen-bond donors (Lipinski definition) is 0.